The summed E-state index contributed by atoms with van der Waals surface area (Å²) in [7, 11) is 0. The van der Waals surface area contributed by atoms with E-state index in [-0.39, 0.29) is 0 Å². The lowest BCUT2D eigenvalue weighted by Gasteiger charge is -2.28. The minimum Gasteiger partial charge on any atom is -0.493 e. The van der Waals surface area contributed by atoms with Gasteiger partial charge >= 0.3 is 0 Å². The smallest absolute Gasteiger partial charge is 0.120 e. The Hall–Kier alpha value is -1.47. The molecule has 0 spiro atoms. The molecule has 2 heteroatoms. The second-order valence-corrected chi connectivity index (χ2v) is 10.6. The molecular formula is C31H45ClO. The molecule has 0 N–H and O–H groups in total. The van der Waals surface area contributed by atoms with Crippen LogP contribution in [0.1, 0.15) is 101 Å². The summed E-state index contributed by atoms with van der Waals surface area (Å²) in [6.45, 7) is 5.39. The van der Waals surface area contributed by atoms with E-state index in [1.54, 1.807) is 0 Å². The van der Waals surface area contributed by atoms with Crippen molar-refractivity contribution in [1.82, 2.24) is 0 Å². The number of rotatable bonds is 14. The second-order valence-electron chi connectivity index (χ2n) is 10.2. The quantitative estimate of drug-likeness (QED) is 0.251. The maximum Gasteiger partial charge on any atom is 0.120 e. The Morgan fingerprint density at radius 3 is 2.03 bits per heavy atom. The fourth-order valence-corrected chi connectivity index (χ4v) is 5.40. The molecule has 0 radical (unpaired) electrons. The summed E-state index contributed by atoms with van der Waals surface area (Å²) in [5, 5.41) is 0.836. The van der Waals surface area contributed by atoms with Crippen LogP contribution < -0.4 is 4.74 Å². The van der Waals surface area contributed by atoms with E-state index in [0.29, 0.717) is 5.92 Å². The fraction of sp³-hybridized carbons (Fsp3) is 0.613. The second kappa shape index (κ2) is 14.7. The summed E-state index contributed by atoms with van der Waals surface area (Å²) < 4.78 is 6.15. The van der Waals surface area contributed by atoms with Gasteiger partial charge in [0.25, 0.3) is 0 Å². The number of ether oxygens (including phenoxy) is 1. The molecule has 0 heterocycles. The topological polar surface area (TPSA) is 9.23 Å². The molecule has 2 aromatic rings. The van der Waals surface area contributed by atoms with Gasteiger partial charge in [-0.15, -0.1) is 0 Å². The summed E-state index contributed by atoms with van der Waals surface area (Å²) >= 11 is 6.61. The van der Waals surface area contributed by atoms with Crippen molar-refractivity contribution in [3.05, 3.63) is 64.2 Å². The van der Waals surface area contributed by atoms with Gasteiger partial charge in [0, 0.05) is 5.02 Å². The first kappa shape index (κ1) is 26.1. The minimum absolute atomic E-state index is 0.704. The molecule has 0 aromatic heterocycles. The van der Waals surface area contributed by atoms with Gasteiger partial charge in [0.1, 0.15) is 5.75 Å². The lowest BCUT2D eigenvalue weighted by Crippen LogP contribution is -2.20. The predicted molar refractivity (Wildman–Crippen MR) is 144 cm³/mol. The van der Waals surface area contributed by atoms with Crippen LogP contribution in [0.5, 0.6) is 5.75 Å². The van der Waals surface area contributed by atoms with E-state index in [2.05, 4.69) is 50.2 Å². The standard InChI is InChI=1S/C31H45ClO/c1-3-5-7-9-25-11-13-27(14-12-25)19-20-29-21-22-30(23-31(29)32)33-24-28-17-15-26(16-18-28)10-8-6-4-2/h11-14,21-23,26,28H,3-10,15-20,24H2,1-2H3/t26-,28-. The maximum atomic E-state index is 6.61. The van der Waals surface area contributed by atoms with Crippen LogP contribution in [0.15, 0.2) is 42.5 Å². The largest absolute Gasteiger partial charge is 0.493 e. The van der Waals surface area contributed by atoms with Crippen molar-refractivity contribution in [3.8, 4) is 5.75 Å². The molecule has 1 fully saturated rings. The van der Waals surface area contributed by atoms with Crippen LogP contribution in [0.3, 0.4) is 0 Å². The van der Waals surface area contributed by atoms with Crippen LogP contribution in [-0.4, -0.2) is 6.61 Å². The Bertz CT molecular complexity index is 789. The minimum atomic E-state index is 0.704. The van der Waals surface area contributed by atoms with Gasteiger partial charge in [0.05, 0.1) is 6.61 Å². The Labute approximate surface area is 208 Å². The lowest BCUT2D eigenvalue weighted by molar-refractivity contribution is 0.177. The van der Waals surface area contributed by atoms with Gasteiger partial charge in [-0.1, -0.05) is 107 Å². The van der Waals surface area contributed by atoms with E-state index in [1.807, 2.05) is 6.07 Å². The average Bonchev–Trinajstić information content (AvgIpc) is 2.84. The Morgan fingerprint density at radius 2 is 1.36 bits per heavy atom. The molecule has 1 nitrogen and oxygen atoms in total. The van der Waals surface area contributed by atoms with E-state index >= 15 is 0 Å². The zero-order valence-corrected chi connectivity index (χ0v) is 21.8. The molecule has 0 amide bonds. The molecule has 0 saturated heterocycles. The Morgan fingerprint density at radius 1 is 0.727 bits per heavy atom. The normalized spacial score (nSPS) is 18.4. The highest BCUT2D eigenvalue weighted by Crippen LogP contribution is 2.33. The Kier molecular flexibility index (Phi) is 11.7. The molecular weight excluding hydrogens is 424 g/mol. The number of hydrogen-bond donors (Lipinski definition) is 0. The number of halogens is 1. The van der Waals surface area contributed by atoms with Crippen LogP contribution in [-0.2, 0) is 19.3 Å². The molecule has 33 heavy (non-hydrogen) atoms. The Balaban J connectivity index is 1.38. The summed E-state index contributed by atoms with van der Waals surface area (Å²) in [4.78, 5) is 0. The summed E-state index contributed by atoms with van der Waals surface area (Å²) in [6, 6.07) is 15.4. The van der Waals surface area contributed by atoms with E-state index in [1.165, 1.54) is 93.7 Å². The summed E-state index contributed by atoms with van der Waals surface area (Å²) in [6.07, 6.45) is 18.1. The van der Waals surface area contributed by atoms with Gasteiger partial charge in [-0.2, -0.15) is 0 Å². The van der Waals surface area contributed by atoms with Gasteiger partial charge < -0.3 is 4.74 Å². The van der Waals surface area contributed by atoms with E-state index in [4.69, 9.17) is 16.3 Å². The molecule has 3 rings (SSSR count). The molecule has 2 aromatic carbocycles. The zero-order valence-electron chi connectivity index (χ0n) is 21.1. The number of benzene rings is 2. The zero-order chi connectivity index (χ0) is 23.3. The van der Waals surface area contributed by atoms with Crippen molar-refractivity contribution < 1.29 is 4.74 Å². The molecule has 0 atom stereocenters. The van der Waals surface area contributed by atoms with Crippen LogP contribution in [0.25, 0.3) is 0 Å². The molecule has 1 aliphatic carbocycles. The molecule has 0 bridgehead atoms. The summed E-state index contributed by atoms with van der Waals surface area (Å²) in [5.74, 6) is 2.58. The van der Waals surface area contributed by atoms with Crippen LogP contribution in [0.4, 0.5) is 0 Å². The first-order valence-corrected chi connectivity index (χ1v) is 14.0. The van der Waals surface area contributed by atoms with Crippen molar-refractivity contribution in [1.29, 1.82) is 0 Å². The number of hydrogen-bond acceptors (Lipinski definition) is 1. The molecule has 182 valence electrons. The van der Waals surface area contributed by atoms with Crippen molar-refractivity contribution in [2.75, 3.05) is 6.61 Å². The number of unbranched alkanes of at least 4 members (excludes halogenated alkanes) is 4. The van der Waals surface area contributed by atoms with E-state index in [0.717, 1.165) is 36.1 Å². The molecule has 0 unspecified atom stereocenters. The maximum absolute atomic E-state index is 6.61. The fourth-order valence-electron chi connectivity index (χ4n) is 5.14. The third-order valence-electron chi connectivity index (χ3n) is 7.47. The first-order chi connectivity index (χ1) is 16.2. The SMILES string of the molecule is CCCCCc1ccc(CCc2ccc(OC[C@H]3CC[C@H](CCCCC)CC3)cc2Cl)cc1. The molecule has 1 aliphatic rings. The highest BCUT2D eigenvalue weighted by Gasteiger charge is 2.21. The van der Waals surface area contributed by atoms with Gasteiger partial charge in [-0.3, -0.25) is 0 Å². The molecule has 0 aliphatic heterocycles. The van der Waals surface area contributed by atoms with Gasteiger partial charge in [0.15, 0.2) is 0 Å². The van der Waals surface area contributed by atoms with Crippen LogP contribution in [0.2, 0.25) is 5.02 Å². The van der Waals surface area contributed by atoms with E-state index in [9.17, 15) is 0 Å². The van der Waals surface area contributed by atoms with Gasteiger partial charge in [-0.05, 0) is 79.2 Å². The average molecular weight is 469 g/mol. The lowest BCUT2D eigenvalue weighted by atomic mass is 9.80. The number of aryl methyl sites for hydroxylation is 3. The first-order valence-electron chi connectivity index (χ1n) is 13.7. The van der Waals surface area contributed by atoms with Gasteiger partial charge in [0.2, 0.25) is 0 Å². The van der Waals surface area contributed by atoms with Crippen molar-refractivity contribution in [2.24, 2.45) is 11.8 Å². The predicted octanol–water partition coefficient (Wildman–Crippen LogP) is 9.62. The third-order valence-corrected chi connectivity index (χ3v) is 7.82. The monoisotopic (exact) mass is 468 g/mol. The highest BCUT2D eigenvalue weighted by molar-refractivity contribution is 6.31. The van der Waals surface area contributed by atoms with Gasteiger partial charge in [-0.25, -0.2) is 0 Å². The summed E-state index contributed by atoms with van der Waals surface area (Å²) in [5.41, 5.74) is 4.05. The van der Waals surface area contributed by atoms with Crippen molar-refractivity contribution in [2.45, 2.75) is 104 Å². The van der Waals surface area contributed by atoms with Crippen LogP contribution in [0, 0.1) is 11.8 Å². The molecule has 1 saturated carbocycles. The van der Waals surface area contributed by atoms with Crippen LogP contribution >= 0.6 is 11.6 Å². The highest BCUT2D eigenvalue weighted by atomic mass is 35.5. The van der Waals surface area contributed by atoms with Crippen molar-refractivity contribution in [3.63, 3.8) is 0 Å². The third kappa shape index (κ3) is 9.36. The van der Waals surface area contributed by atoms with E-state index < -0.39 is 0 Å². The van der Waals surface area contributed by atoms with Crippen molar-refractivity contribution >= 4 is 11.6 Å².